The van der Waals surface area contributed by atoms with Crippen LogP contribution in [0.1, 0.15) is 25.7 Å². The SMILES string of the molecule is N#CS[C@H]1CCCC[C@@H](SC#N)C1=O. The first kappa shape index (κ1) is 11.4. The summed E-state index contributed by atoms with van der Waals surface area (Å²) in [6.07, 6.45) is 3.51. The molecule has 1 rings (SSSR count). The molecule has 14 heavy (non-hydrogen) atoms. The predicted octanol–water partition coefficient (Wildman–Crippen LogP) is 2.30. The second-order valence-corrected chi connectivity index (χ2v) is 5.06. The van der Waals surface area contributed by atoms with Crippen molar-refractivity contribution in [2.45, 2.75) is 36.2 Å². The largest absolute Gasteiger partial charge is 0.297 e. The number of rotatable bonds is 2. The normalized spacial score (nSPS) is 27.4. The molecule has 0 radical (unpaired) electrons. The Morgan fingerprint density at radius 3 is 1.86 bits per heavy atom. The van der Waals surface area contributed by atoms with Gasteiger partial charge in [0.1, 0.15) is 10.8 Å². The average Bonchev–Trinajstić information content (AvgIpc) is 2.34. The van der Waals surface area contributed by atoms with Crippen LogP contribution in [0.5, 0.6) is 0 Å². The molecule has 0 spiro atoms. The number of carbonyl (C=O) groups is 1. The highest BCUT2D eigenvalue weighted by molar-refractivity contribution is 8.06. The number of hydrogen-bond donors (Lipinski definition) is 0. The second kappa shape index (κ2) is 5.95. The standard InChI is InChI=1S/C9H10N2OS2/c10-5-13-7-3-1-2-4-8(9(7)12)14-6-11/h7-8H,1-4H2/t7-,8+. The van der Waals surface area contributed by atoms with E-state index in [-0.39, 0.29) is 16.3 Å². The first-order valence-corrected chi connectivity index (χ1v) is 6.18. The Hall–Kier alpha value is -0.650. The fourth-order valence-corrected chi connectivity index (χ4v) is 2.98. The number of thiocyanates is 2. The number of nitriles is 2. The molecule has 0 unspecified atom stereocenters. The molecule has 0 amide bonds. The zero-order valence-electron chi connectivity index (χ0n) is 7.60. The van der Waals surface area contributed by atoms with Crippen LogP contribution in [0.2, 0.25) is 0 Å². The van der Waals surface area contributed by atoms with Gasteiger partial charge in [-0.25, -0.2) is 0 Å². The van der Waals surface area contributed by atoms with E-state index in [9.17, 15) is 4.79 Å². The molecule has 0 saturated heterocycles. The van der Waals surface area contributed by atoms with Crippen molar-refractivity contribution in [3.63, 3.8) is 0 Å². The van der Waals surface area contributed by atoms with Crippen molar-refractivity contribution in [1.29, 1.82) is 10.5 Å². The van der Waals surface area contributed by atoms with Crippen molar-refractivity contribution in [3.05, 3.63) is 0 Å². The van der Waals surface area contributed by atoms with Gasteiger partial charge in [0, 0.05) is 0 Å². The van der Waals surface area contributed by atoms with E-state index in [1.54, 1.807) is 0 Å². The van der Waals surface area contributed by atoms with Crippen LogP contribution in [0.25, 0.3) is 0 Å². The van der Waals surface area contributed by atoms with Crippen LogP contribution in [0.4, 0.5) is 0 Å². The summed E-state index contributed by atoms with van der Waals surface area (Å²) in [6, 6.07) is 0. The smallest absolute Gasteiger partial charge is 0.160 e. The van der Waals surface area contributed by atoms with E-state index < -0.39 is 0 Å². The first-order chi connectivity index (χ1) is 6.79. The predicted molar refractivity (Wildman–Crippen MR) is 57.5 cm³/mol. The van der Waals surface area contributed by atoms with Crippen molar-refractivity contribution >= 4 is 29.3 Å². The maximum Gasteiger partial charge on any atom is 0.160 e. The zero-order valence-corrected chi connectivity index (χ0v) is 9.24. The summed E-state index contributed by atoms with van der Waals surface area (Å²) in [5.74, 6) is 0.0700. The summed E-state index contributed by atoms with van der Waals surface area (Å²) in [5, 5.41) is 20.6. The van der Waals surface area contributed by atoms with Crippen molar-refractivity contribution in [3.8, 4) is 10.8 Å². The van der Waals surface area contributed by atoms with Gasteiger partial charge in [-0.15, -0.1) is 0 Å². The van der Waals surface area contributed by atoms with E-state index in [0.29, 0.717) is 0 Å². The van der Waals surface area contributed by atoms with E-state index >= 15 is 0 Å². The van der Waals surface area contributed by atoms with Crippen molar-refractivity contribution in [1.82, 2.24) is 0 Å². The molecule has 0 aliphatic heterocycles. The van der Waals surface area contributed by atoms with E-state index in [1.165, 1.54) is 0 Å². The minimum absolute atomic E-state index is 0.0700. The number of thioether (sulfide) groups is 2. The molecule has 0 N–H and O–H groups in total. The molecule has 1 aliphatic rings. The van der Waals surface area contributed by atoms with Gasteiger partial charge in [0.05, 0.1) is 10.5 Å². The summed E-state index contributed by atoms with van der Waals surface area (Å²) in [6.45, 7) is 0. The van der Waals surface area contributed by atoms with Crippen LogP contribution >= 0.6 is 23.5 Å². The number of ketones is 1. The topological polar surface area (TPSA) is 64.7 Å². The lowest BCUT2D eigenvalue weighted by atomic mass is 10.2. The highest BCUT2D eigenvalue weighted by Gasteiger charge is 2.30. The zero-order chi connectivity index (χ0) is 10.4. The fourth-order valence-electron chi connectivity index (χ4n) is 1.51. The minimum Gasteiger partial charge on any atom is -0.297 e. The third-order valence-electron chi connectivity index (χ3n) is 2.21. The molecule has 0 aromatic carbocycles. The summed E-state index contributed by atoms with van der Waals surface area (Å²) < 4.78 is 0. The van der Waals surface area contributed by atoms with Crippen LogP contribution in [0.15, 0.2) is 0 Å². The average molecular weight is 226 g/mol. The van der Waals surface area contributed by atoms with Crippen LogP contribution in [-0.4, -0.2) is 16.3 Å². The van der Waals surface area contributed by atoms with Gasteiger partial charge in [-0.2, -0.15) is 10.5 Å². The van der Waals surface area contributed by atoms with E-state index in [4.69, 9.17) is 10.5 Å². The third-order valence-corrected chi connectivity index (χ3v) is 3.92. The molecule has 1 fully saturated rings. The number of hydrogen-bond acceptors (Lipinski definition) is 5. The monoisotopic (exact) mass is 226 g/mol. The Kier molecular flexibility index (Phi) is 4.86. The van der Waals surface area contributed by atoms with Gasteiger partial charge in [-0.1, -0.05) is 12.8 Å². The van der Waals surface area contributed by atoms with E-state index in [2.05, 4.69) is 0 Å². The molecule has 0 aromatic rings. The lowest BCUT2D eigenvalue weighted by Gasteiger charge is -2.11. The molecule has 74 valence electrons. The number of Topliss-reactive ketones (excluding diaryl/α,β-unsaturated/α-hetero) is 1. The Morgan fingerprint density at radius 1 is 1.07 bits per heavy atom. The van der Waals surface area contributed by atoms with Gasteiger partial charge >= 0.3 is 0 Å². The third kappa shape index (κ3) is 2.94. The molecule has 3 nitrogen and oxygen atoms in total. The molecule has 0 bridgehead atoms. The Labute approximate surface area is 91.8 Å². The van der Waals surface area contributed by atoms with Gasteiger partial charge in [0.15, 0.2) is 5.78 Å². The molecular weight excluding hydrogens is 216 g/mol. The Balaban J connectivity index is 2.66. The van der Waals surface area contributed by atoms with Crippen LogP contribution < -0.4 is 0 Å². The lowest BCUT2D eigenvalue weighted by Crippen LogP contribution is -2.25. The van der Waals surface area contributed by atoms with Crippen LogP contribution in [-0.2, 0) is 4.79 Å². The minimum atomic E-state index is -0.214. The summed E-state index contributed by atoms with van der Waals surface area (Å²) in [4.78, 5) is 11.8. The molecule has 1 saturated carbocycles. The van der Waals surface area contributed by atoms with Crippen LogP contribution in [0, 0.1) is 21.3 Å². The Bertz CT molecular complexity index is 264. The molecular formula is C9H10N2OS2. The molecule has 5 heteroatoms. The van der Waals surface area contributed by atoms with Crippen molar-refractivity contribution in [2.75, 3.05) is 0 Å². The van der Waals surface area contributed by atoms with E-state index in [1.807, 2.05) is 10.8 Å². The van der Waals surface area contributed by atoms with Gasteiger partial charge in [0.2, 0.25) is 0 Å². The quantitative estimate of drug-likeness (QED) is 0.534. The fraction of sp³-hybridized carbons (Fsp3) is 0.667. The highest BCUT2D eigenvalue weighted by Crippen LogP contribution is 2.29. The molecule has 2 atom stereocenters. The maximum absolute atomic E-state index is 11.8. The van der Waals surface area contributed by atoms with Gasteiger partial charge in [0.25, 0.3) is 0 Å². The highest BCUT2D eigenvalue weighted by atomic mass is 32.2. The number of nitrogens with zero attached hydrogens (tertiary/aromatic N) is 2. The van der Waals surface area contributed by atoms with Gasteiger partial charge < -0.3 is 0 Å². The summed E-state index contributed by atoms with van der Waals surface area (Å²) in [7, 11) is 0. The van der Waals surface area contributed by atoms with Gasteiger partial charge in [-0.3, -0.25) is 4.79 Å². The lowest BCUT2D eigenvalue weighted by molar-refractivity contribution is -0.117. The second-order valence-electron chi connectivity index (χ2n) is 3.08. The molecule has 0 heterocycles. The number of carbonyl (C=O) groups excluding carboxylic acids is 1. The van der Waals surface area contributed by atoms with Crippen molar-refractivity contribution < 1.29 is 4.79 Å². The Morgan fingerprint density at radius 2 is 1.50 bits per heavy atom. The van der Waals surface area contributed by atoms with Crippen LogP contribution in [0.3, 0.4) is 0 Å². The van der Waals surface area contributed by atoms with Crippen molar-refractivity contribution in [2.24, 2.45) is 0 Å². The summed E-state index contributed by atoms with van der Waals surface area (Å²) in [5.41, 5.74) is 0. The van der Waals surface area contributed by atoms with Gasteiger partial charge in [-0.05, 0) is 36.4 Å². The first-order valence-electron chi connectivity index (χ1n) is 4.42. The summed E-state index contributed by atoms with van der Waals surface area (Å²) >= 11 is 2.07. The maximum atomic E-state index is 11.8. The molecule has 0 aromatic heterocycles. The van der Waals surface area contributed by atoms with E-state index in [0.717, 1.165) is 49.2 Å². The molecule has 1 aliphatic carbocycles.